The first kappa shape index (κ1) is 35.2. The van der Waals surface area contributed by atoms with E-state index < -0.39 is 21.3 Å². The van der Waals surface area contributed by atoms with E-state index in [4.69, 9.17) is 14.2 Å². The van der Waals surface area contributed by atoms with Gasteiger partial charge in [0.05, 0.1) is 37.6 Å². The van der Waals surface area contributed by atoms with Crippen molar-refractivity contribution in [3.05, 3.63) is 71.4 Å². The van der Waals surface area contributed by atoms with Crippen LogP contribution in [0.3, 0.4) is 0 Å². The van der Waals surface area contributed by atoms with Gasteiger partial charge in [0.1, 0.15) is 21.8 Å². The number of pyridine rings is 1. The molecule has 2 amide bonds. The first-order valence-corrected chi connectivity index (χ1v) is 18.7. The summed E-state index contributed by atoms with van der Waals surface area (Å²) in [7, 11) is -3.20. The predicted molar refractivity (Wildman–Crippen MR) is 186 cm³/mol. The Hall–Kier alpha value is -4.67. The number of piperidine rings is 2. The number of likely N-dealkylation sites (tertiary alicyclic amines) is 1. The fraction of sp³-hybridized carbons (Fsp3) is 0.459. The smallest absolute Gasteiger partial charge is 0.274 e. The number of aromatic nitrogens is 1. The van der Waals surface area contributed by atoms with Crippen molar-refractivity contribution in [2.45, 2.75) is 56.3 Å². The zero-order chi connectivity index (χ0) is 35.5. The lowest BCUT2D eigenvalue weighted by Crippen LogP contribution is -2.49. The Morgan fingerprint density at radius 1 is 1.00 bits per heavy atom. The van der Waals surface area contributed by atoms with Gasteiger partial charge in [-0.3, -0.25) is 9.59 Å². The maximum atomic E-state index is 15.3. The third kappa shape index (κ3) is 6.26. The number of benzene rings is 2. The fourth-order valence-corrected chi connectivity index (χ4v) is 9.33. The maximum Gasteiger partial charge on any atom is 0.274 e. The standard InChI is InChI=1S/C37H43N5O7S/c1-4-48-32-22-28(47-3)9-11-33(32)50(45,46)42-31-10-8-25(24-38)21-30(31)37(36(42)44,29-7-6-16-40-35(29)49-5-2)23-34(43)41-19-14-27(15-20-41)26-12-17-39-18-13-26/h6-11,16,21-22,26-27,39H,4-5,12-15,17-20,23H2,1-3H3. The average Bonchev–Trinajstić information content (AvgIpc) is 3.39. The lowest BCUT2D eigenvalue weighted by molar-refractivity contribution is -0.136. The third-order valence-electron chi connectivity index (χ3n) is 10.2. The second-order valence-electron chi connectivity index (χ2n) is 12.8. The number of anilines is 1. The lowest BCUT2D eigenvalue weighted by Gasteiger charge is -2.39. The van der Waals surface area contributed by atoms with Crippen LogP contribution in [-0.4, -0.2) is 76.6 Å². The Labute approximate surface area is 293 Å². The molecule has 0 spiro atoms. The van der Waals surface area contributed by atoms with Crippen LogP contribution in [0, 0.1) is 23.2 Å². The highest BCUT2D eigenvalue weighted by molar-refractivity contribution is 7.93. The van der Waals surface area contributed by atoms with Crippen LogP contribution in [0.1, 0.15) is 62.6 Å². The number of rotatable bonds is 11. The van der Waals surface area contributed by atoms with Crippen molar-refractivity contribution in [1.82, 2.24) is 15.2 Å². The van der Waals surface area contributed by atoms with Gasteiger partial charge in [0, 0.05) is 37.3 Å². The molecule has 2 fully saturated rings. The van der Waals surface area contributed by atoms with Crippen molar-refractivity contribution < 1.29 is 32.2 Å². The lowest BCUT2D eigenvalue weighted by atomic mass is 9.72. The molecule has 1 aromatic heterocycles. The van der Waals surface area contributed by atoms with E-state index in [2.05, 4.69) is 16.4 Å². The summed E-state index contributed by atoms with van der Waals surface area (Å²) in [5.74, 6) is 0.474. The number of nitrogens with one attached hydrogen (secondary N) is 1. The fourth-order valence-electron chi connectivity index (χ4n) is 7.72. The molecule has 1 unspecified atom stereocenters. The van der Waals surface area contributed by atoms with Gasteiger partial charge >= 0.3 is 0 Å². The van der Waals surface area contributed by atoms with Crippen LogP contribution in [0.15, 0.2) is 59.6 Å². The Kier molecular flexibility index (Phi) is 10.3. The Bertz CT molecular complexity index is 1900. The van der Waals surface area contributed by atoms with E-state index in [-0.39, 0.29) is 64.4 Å². The Balaban J connectivity index is 1.48. The number of sulfonamides is 1. The van der Waals surface area contributed by atoms with Gasteiger partial charge in [-0.25, -0.2) is 17.7 Å². The van der Waals surface area contributed by atoms with E-state index in [1.165, 1.54) is 49.7 Å². The second-order valence-corrected chi connectivity index (χ2v) is 14.6. The molecule has 2 saturated heterocycles. The molecule has 0 bridgehead atoms. The van der Waals surface area contributed by atoms with E-state index in [1.54, 1.807) is 30.9 Å². The minimum absolute atomic E-state index is 0.0106. The van der Waals surface area contributed by atoms with Crippen molar-refractivity contribution >= 4 is 27.5 Å². The largest absolute Gasteiger partial charge is 0.497 e. The first-order chi connectivity index (χ1) is 24.2. The summed E-state index contributed by atoms with van der Waals surface area (Å²) in [4.78, 5) is 35.7. The summed E-state index contributed by atoms with van der Waals surface area (Å²) < 4.78 is 47.2. The number of ether oxygens (including phenoxy) is 3. The number of hydrogen-bond acceptors (Lipinski definition) is 10. The zero-order valence-electron chi connectivity index (χ0n) is 28.7. The molecular weight excluding hydrogens is 659 g/mol. The van der Waals surface area contributed by atoms with Crippen molar-refractivity contribution in [2.75, 3.05) is 50.8 Å². The monoisotopic (exact) mass is 701 g/mol. The normalized spacial score (nSPS) is 19.9. The topological polar surface area (TPSA) is 151 Å². The minimum atomic E-state index is -4.65. The molecule has 3 aliphatic rings. The highest BCUT2D eigenvalue weighted by atomic mass is 32.2. The van der Waals surface area contributed by atoms with Gasteiger partial charge in [0.2, 0.25) is 11.8 Å². The molecule has 0 saturated carbocycles. The van der Waals surface area contributed by atoms with E-state index in [0.29, 0.717) is 30.7 Å². The van der Waals surface area contributed by atoms with Gasteiger partial charge in [0.15, 0.2) is 0 Å². The summed E-state index contributed by atoms with van der Waals surface area (Å²) >= 11 is 0. The van der Waals surface area contributed by atoms with Crippen LogP contribution in [-0.2, 0) is 25.0 Å². The summed E-state index contributed by atoms with van der Waals surface area (Å²) in [6.45, 7) is 6.96. The number of carbonyl (C=O) groups excluding carboxylic acids is 2. The number of carbonyl (C=O) groups is 2. The molecule has 13 heteroatoms. The molecule has 1 N–H and O–H groups in total. The van der Waals surface area contributed by atoms with Gasteiger partial charge in [-0.05, 0) is 106 Å². The van der Waals surface area contributed by atoms with Gasteiger partial charge in [-0.2, -0.15) is 5.26 Å². The van der Waals surface area contributed by atoms with Crippen molar-refractivity contribution in [1.29, 1.82) is 5.26 Å². The van der Waals surface area contributed by atoms with Gasteiger partial charge in [-0.1, -0.05) is 6.07 Å². The van der Waals surface area contributed by atoms with E-state index in [9.17, 15) is 18.5 Å². The summed E-state index contributed by atoms with van der Waals surface area (Å²) in [6.07, 6.45) is 5.10. The van der Waals surface area contributed by atoms with E-state index >= 15 is 4.79 Å². The second kappa shape index (κ2) is 14.7. The van der Waals surface area contributed by atoms with E-state index in [1.807, 2.05) is 0 Å². The third-order valence-corrected chi connectivity index (χ3v) is 11.9. The SMILES string of the molecule is CCOc1cc(OC)ccc1S(=O)(=O)N1C(=O)C(CC(=O)N2CCC(C3CCNCC3)CC2)(c2cccnc2OCC)c2cc(C#N)ccc21. The number of nitriles is 1. The first-order valence-electron chi connectivity index (χ1n) is 17.2. The quantitative estimate of drug-likeness (QED) is 0.305. The van der Waals surface area contributed by atoms with Crippen LogP contribution in [0.2, 0.25) is 0 Å². The Morgan fingerprint density at radius 2 is 1.72 bits per heavy atom. The van der Waals surface area contributed by atoms with Gasteiger partial charge in [0.25, 0.3) is 15.9 Å². The number of nitrogens with zero attached hydrogens (tertiary/aromatic N) is 4. The molecular formula is C37H43N5O7S. The molecule has 3 aromatic rings. The molecule has 12 nitrogen and oxygen atoms in total. The van der Waals surface area contributed by atoms with Crippen molar-refractivity contribution in [2.24, 2.45) is 11.8 Å². The minimum Gasteiger partial charge on any atom is -0.497 e. The molecule has 4 heterocycles. The van der Waals surface area contributed by atoms with Crippen LogP contribution >= 0.6 is 0 Å². The molecule has 0 radical (unpaired) electrons. The van der Waals surface area contributed by atoms with Crippen LogP contribution in [0.5, 0.6) is 17.4 Å². The molecule has 0 aliphatic carbocycles. The van der Waals surface area contributed by atoms with Gasteiger partial charge < -0.3 is 24.4 Å². The zero-order valence-corrected chi connectivity index (χ0v) is 29.5. The van der Waals surface area contributed by atoms with Crippen molar-refractivity contribution in [3.8, 4) is 23.4 Å². The molecule has 3 aliphatic heterocycles. The molecule has 2 aromatic carbocycles. The summed E-state index contributed by atoms with van der Waals surface area (Å²) in [5, 5.41) is 13.4. The van der Waals surface area contributed by atoms with Crippen LogP contribution < -0.4 is 23.8 Å². The molecule has 264 valence electrons. The number of methoxy groups -OCH3 is 1. The molecule has 50 heavy (non-hydrogen) atoms. The summed E-state index contributed by atoms with van der Waals surface area (Å²) in [6, 6.07) is 14.1. The maximum absolute atomic E-state index is 15.3. The molecule has 6 rings (SSSR count). The number of hydrogen-bond donors (Lipinski definition) is 1. The highest BCUT2D eigenvalue weighted by Crippen LogP contribution is 2.53. The number of amides is 2. The molecule has 1 atom stereocenters. The van der Waals surface area contributed by atoms with Crippen molar-refractivity contribution in [3.63, 3.8) is 0 Å². The Morgan fingerprint density at radius 3 is 2.40 bits per heavy atom. The van der Waals surface area contributed by atoms with Crippen LogP contribution in [0.25, 0.3) is 0 Å². The van der Waals surface area contributed by atoms with Gasteiger partial charge in [-0.15, -0.1) is 0 Å². The van der Waals surface area contributed by atoms with E-state index in [0.717, 1.165) is 43.1 Å². The predicted octanol–water partition coefficient (Wildman–Crippen LogP) is 4.41. The average molecular weight is 702 g/mol. The highest BCUT2D eigenvalue weighted by Gasteiger charge is 2.59. The van der Waals surface area contributed by atoms with Crippen LogP contribution in [0.4, 0.5) is 5.69 Å². The summed E-state index contributed by atoms with van der Waals surface area (Å²) in [5.41, 5.74) is -1.18. The number of fused-ring (bicyclic) bond motifs is 1.